The highest BCUT2D eigenvalue weighted by Crippen LogP contribution is 2.23. The molecule has 0 spiro atoms. The first kappa shape index (κ1) is 18.2. The second kappa shape index (κ2) is 8.70. The molecular weight excluding hydrogens is 334 g/mol. The van der Waals surface area contributed by atoms with Crippen molar-refractivity contribution in [2.75, 3.05) is 13.1 Å². The lowest BCUT2D eigenvalue weighted by Gasteiger charge is -2.24. The Morgan fingerprint density at radius 3 is 2.52 bits per heavy atom. The summed E-state index contributed by atoms with van der Waals surface area (Å²) in [6.07, 6.45) is 9.68. The van der Waals surface area contributed by atoms with Gasteiger partial charge in [-0.25, -0.2) is 4.98 Å². The molecule has 1 atom stereocenters. The van der Waals surface area contributed by atoms with Crippen LogP contribution in [0.4, 0.5) is 0 Å². The van der Waals surface area contributed by atoms with Crippen LogP contribution in [0.1, 0.15) is 62.2 Å². The first-order chi connectivity index (χ1) is 12.1. The minimum Gasteiger partial charge on any atom is -0.352 e. The van der Waals surface area contributed by atoms with Gasteiger partial charge in [0.05, 0.1) is 15.8 Å². The summed E-state index contributed by atoms with van der Waals surface area (Å²) in [5, 5.41) is 3.75. The maximum absolute atomic E-state index is 12.3. The molecule has 25 heavy (non-hydrogen) atoms. The molecule has 2 fully saturated rings. The molecular formula is C19H27N3O2S. The van der Waals surface area contributed by atoms with Crippen molar-refractivity contribution in [1.82, 2.24) is 15.2 Å². The number of carbonyl (C=O) groups excluding carboxylic acids is 2. The number of aromatic nitrogens is 1. The largest absolute Gasteiger partial charge is 0.352 e. The highest BCUT2D eigenvalue weighted by molar-refractivity contribution is 8.00. The maximum atomic E-state index is 12.3. The Bertz CT molecular complexity index is 593. The summed E-state index contributed by atoms with van der Waals surface area (Å²) >= 11 is 1.44. The van der Waals surface area contributed by atoms with E-state index in [1.54, 1.807) is 6.20 Å². The molecule has 1 aliphatic carbocycles. The van der Waals surface area contributed by atoms with E-state index in [1.807, 2.05) is 24.0 Å². The lowest BCUT2D eigenvalue weighted by Crippen LogP contribution is -2.40. The zero-order valence-electron chi connectivity index (χ0n) is 14.9. The van der Waals surface area contributed by atoms with Gasteiger partial charge >= 0.3 is 0 Å². The average molecular weight is 362 g/mol. The Labute approximate surface area is 154 Å². The maximum Gasteiger partial charge on any atom is 0.255 e. The minimum absolute atomic E-state index is 0.0599. The minimum atomic E-state index is -0.186. The molecule has 0 bridgehead atoms. The Morgan fingerprint density at radius 2 is 1.88 bits per heavy atom. The molecule has 1 unspecified atom stereocenters. The van der Waals surface area contributed by atoms with Gasteiger partial charge in [-0.1, -0.05) is 31.0 Å². The third-order valence-electron chi connectivity index (χ3n) is 4.99. The van der Waals surface area contributed by atoms with Crippen LogP contribution in [0.3, 0.4) is 0 Å². The van der Waals surface area contributed by atoms with Crippen molar-refractivity contribution in [3.05, 3.63) is 23.9 Å². The summed E-state index contributed by atoms with van der Waals surface area (Å²) in [4.78, 5) is 30.9. The number of likely N-dealkylation sites (tertiary alicyclic amines) is 1. The summed E-state index contributed by atoms with van der Waals surface area (Å²) < 4.78 is 0. The van der Waals surface area contributed by atoms with Gasteiger partial charge < -0.3 is 10.2 Å². The third kappa shape index (κ3) is 4.97. The Morgan fingerprint density at radius 1 is 1.16 bits per heavy atom. The van der Waals surface area contributed by atoms with Crippen LogP contribution in [-0.4, -0.2) is 46.1 Å². The van der Waals surface area contributed by atoms with Crippen molar-refractivity contribution in [1.29, 1.82) is 0 Å². The Hall–Kier alpha value is -1.56. The molecule has 1 saturated heterocycles. The van der Waals surface area contributed by atoms with Gasteiger partial charge in [0.2, 0.25) is 5.91 Å². The number of hydrogen-bond donors (Lipinski definition) is 1. The second-order valence-electron chi connectivity index (χ2n) is 6.99. The molecule has 2 amide bonds. The first-order valence-corrected chi connectivity index (χ1v) is 10.2. The molecule has 136 valence electrons. The molecule has 1 aromatic rings. The van der Waals surface area contributed by atoms with Gasteiger partial charge in [0.1, 0.15) is 0 Å². The molecule has 1 aromatic heterocycles. The van der Waals surface area contributed by atoms with E-state index >= 15 is 0 Å². The average Bonchev–Trinajstić information content (AvgIpc) is 3.17. The number of pyridine rings is 1. The van der Waals surface area contributed by atoms with Crippen molar-refractivity contribution in [3.63, 3.8) is 0 Å². The number of carbonyl (C=O) groups is 2. The van der Waals surface area contributed by atoms with Gasteiger partial charge in [0.25, 0.3) is 5.91 Å². The van der Waals surface area contributed by atoms with E-state index < -0.39 is 0 Å². The molecule has 2 aliphatic rings. The van der Waals surface area contributed by atoms with Gasteiger partial charge in [-0.3, -0.25) is 9.59 Å². The SMILES string of the molecule is CC(Sc1ccc(C(=O)N2CCCC2)cn1)C(=O)NC1CCCCC1. The van der Waals surface area contributed by atoms with E-state index in [-0.39, 0.29) is 17.1 Å². The molecule has 3 rings (SSSR count). The Balaban J connectivity index is 1.51. The number of amides is 2. The summed E-state index contributed by atoms with van der Waals surface area (Å²) in [5.74, 6) is 0.139. The second-order valence-corrected chi connectivity index (χ2v) is 8.35. The summed E-state index contributed by atoms with van der Waals surface area (Å²) in [7, 11) is 0. The van der Waals surface area contributed by atoms with E-state index in [9.17, 15) is 9.59 Å². The van der Waals surface area contributed by atoms with Crippen molar-refractivity contribution in [2.45, 2.75) is 68.2 Å². The van der Waals surface area contributed by atoms with Crippen LogP contribution in [0, 0.1) is 0 Å². The van der Waals surface area contributed by atoms with Crippen molar-refractivity contribution < 1.29 is 9.59 Å². The lowest BCUT2D eigenvalue weighted by molar-refractivity contribution is -0.121. The molecule has 5 nitrogen and oxygen atoms in total. The van der Waals surface area contributed by atoms with E-state index in [0.29, 0.717) is 11.6 Å². The van der Waals surface area contributed by atoms with Crippen LogP contribution in [0.15, 0.2) is 23.4 Å². The molecule has 1 saturated carbocycles. The predicted molar refractivity (Wildman–Crippen MR) is 99.7 cm³/mol. The van der Waals surface area contributed by atoms with Crippen LogP contribution in [0.2, 0.25) is 0 Å². The van der Waals surface area contributed by atoms with E-state index in [1.165, 1.54) is 31.0 Å². The van der Waals surface area contributed by atoms with E-state index in [4.69, 9.17) is 0 Å². The Kier molecular flexibility index (Phi) is 6.34. The zero-order valence-corrected chi connectivity index (χ0v) is 15.7. The predicted octanol–water partition coefficient (Wildman–Crippen LogP) is 3.25. The van der Waals surface area contributed by atoms with Gasteiger partial charge in [-0.2, -0.15) is 0 Å². The van der Waals surface area contributed by atoms with E-state index in [0.717, 1.165) is 43.8 Å². The summed E-state index contributed by atoms with van der Waals surface area (Å²) in [6, 6.07) is 4.00. The monoisotopic (exact) mass is 361 g/mol. The highest BCUT2D eigenvalue weighted by Gasteiger charge is 2.22. The summed E-state index contributed by atoms with van der Waals surface area (Å²) in [5.41, 5.74) is 0.630. The fourth-order valence-corrected chi connectivity index (χ4v) is 4.28. The van der Waals surface area contributed by atoms with Crippen LogP contribution in [0.25, 0.3) is 0 Å². The zero-order chi connectivity index (χ0) is 17.6. The van der Waals surface area contributed by atoms with Crippen LogP contribution in [-0.2, 0) is 4.79 Å². The normalized spacial score (nSPS) is 19.6. The van der Waals surface area contributed by atoms with Crippen LogP contribution in [0.5, 0.6) is 0 Å². The lowest BCUT2D eigenvalue weighted by atomic mass is 9.95. The topological polar surface area (TPSA) is 62.3 Å². The fourth-order valence-electron chi connectivity index (χ4n) is 3.48. The number of hydrogen-bond acceptors (Lipinski definition) is 4. The molecule has 6 heteroatoms. The van der Waals surface area contributed by atoms with Crippen molar-refractivity contribution in [2.24, 2.45) is 0 Å². The van der Waals surface area contributed by atoms with Gasteiger partial charge in [0.15, 0.2) is 0 Å². The fraction of sp³-hybridized carbons (Fsp3) is 0.632. The highest BCUT2D eigenvalue weighted by atomic mass is 32.2. The number of thioether (sulfide) groups is 1. The number of nitrogens with zero attached hydrogens (tertiary/aromatic N) is 2. The smallest absolute Gasteiger partial charge is 0.255 e. The molecule has 1 aliphatic heterocycles. The van der Waals surface area contributed by atoms with E-state index in [2.05, 4.69) is 10.3 Å². The molecule has 1 N–H and O–H groups in total. The van der Waals surface area contributed by atoms with Crippen LogP contribution >= 0.6 is 11.8 Å². The third-order valence-corrected chi connectivity index (χ3v) is 6.05. The molecule has 2 heterocycles. The number of nitrogens with one attached hydrogen (secondary N) is 1. The number of rotatable bonds is 5. The summed E-state index contributed by atoms with van der Waals surface area (Å²) in [6.45, 7) is 3.59. The van der Waals surface area contributed by atoms with Crippen molar-refractivity contribution in [3.8, 4) is 0 Å². The molecule has 0 aromatic carbocycles. The van der Waals surface area contributed by atoms with Crippen molar-refractivity contribution >= 4 is 23.6 Å². The first-order valence-electron chi connectivity index (χ1n) is 9.36. The standard InChI is InChI=1S/C19H27N3O2S/c1-14(18(23)21-16-7-3-2-4-8-16)25-17-10-9-15(13-20-17)19(24)22-11-5-6-12-22/h9-10,13-14,16H,2-8,11-12H2,1H3,(H,21,23). The van der Waals surface area contributed by atoms with Crippen LogP contribution < -0.4 is 5.32 Å². The van der Waals surface area contributed by atoms with Gasteiger partial charge in [0, 0.05) is 25.3 Å². The molecule has 0 radical (unpaired) electrons. The quantitative estimate of drug-likeness (QED) is 0.818. The van der Waals surface area contributed by atoms with Gasteiger partial charge in [-0.05, 0) is 44.7 Å². The van der Waals surface area contributed by atoms with Gasteiger partial charge in [-0.15, -0.1) is 0 Å².